The fraction of sp³-hybridized carbons (Fsp3) is 0.500. The van der Waals surface area contributed by atoms with Crippen molar-refractivity contribution in [2.24, 2.45) is 5.92 Å². The first kappa shape index (κ1) is 16.7. The number of unbranched alkanes of at least 4 members (excludes halogenated alkanes) is 2. The van der Waals surface area contributed by atoms with E-state index in [0.29, 0.717) is 5.56 Å². The van der Waals surface area contributed by atoms with Crippen molar-refractivity contribution < 1.29 is 10.2 Å². The fourth-order valence-electron chi connectivity index (χ4n) is 3.43. The molecule has 0 fully saturated rings. The van der Waals surface area contributed by atoms with E-state index in [1.54, 1.807) is 0 Å². The van der Waals surface area contributed by atoms with Crippen LogP contribution in [-0.4, -0.2) is 10.2 Å². The Bertz CT molecular complexity index is 534. The van der Waals surface area contributed by atoms with Crippen LogP contribution in [0.3, 0.4) is 0 Å². The van der Waals surface area contributed by atoms with Crippen LogP contribution >= 0.6 is 0 Å². The lowest BCUT2D eigenvalue weighted by molar-refractivity contribution is 0.408. The maximum Gasteiger partial charge on any atom is 0.123 e. The van der Waals surface area contributed by atoms with Gasteiger partial charge < -0.3 is 10.2 Å². The molecule has 0 aliphatic heterocycles. The summed E-state index contributed by atoms with van der Waals surface area (Å²) in [5.74, 6) is 0.743. The van der Waals surface area contributed by atoms with Gasteiger partial charge in [-0.2, -0.15) is 0 Å². The van der Waals surface area contributed by atoms with E-state index in [2.05, 4.69) is 25.7 Å². The zero-order valence-electron chi connectivity index (χ0n) is 13.8. The van der Waals surface area contributed by atoms with Crippen molar-refractivity contribution in [3.63, 3.8) is 0 Å². The molecule has 0 saturated heterocycles. The number of benzene rings is 1. The van der Waals surface area contributed by atoms with Crippen molar-refractivity contribution in [2.45, 2.75) is 58.3 Å². The highest BCUT2D eigenvalue weighted by molar-refractivity contribution is 5.51. The molecular weight excluding hydrogens is 272 g/mol. The lowest BCUT2D eigenvalue weighted by Crippen LogP contribution is -2.15. The molecule has 120 valence electrons. The van der Waals surface area contributed by atoms with Crippen molar-refractivity contribution in [2.75, 3.05) is 0 Å². The van der Waals surface area contributed by atoms with Gasteiger partial charge in [-0.05, 0) is 56.2 Å². The third-order valence-electron chi connectivity index (χ3n) is 4.65. The highest BCUT2D eigenvalue weighted by atomic mass is 16.3. The Labute approximate surface area is 134 Å². The van der Waals surface area contributed by atoms with E-state index in [-0.39, 0.29) is 23.3 Å². The molecule has 2 heteroatoms. The lowest BCUT2D eigenvalue weighted by Gasteiger charge is -2.29. The van der Waals surface area contributed by atoms with Crippen LogP contribution in [0.4, 0.5) is 0 Å². The van der Waals surface area contributed by atoms with E-state index in [1.807, 2.05) is 19.1 Å². The Hall–Kier alpha value is -1.70. The zero-order valence-corrected chi connectivity index (χ0v) is 13.8. The van der Waals surface area contributed by atoms with Gasteiger partial charge in [0.25, 0.3) is 0 Å². The minimum atomic E-state index is 0.0240. The van der Waals surface area contributed by atoms with Crippen molar-refractivity contribution in [3.05, 3.63) is 47.6 Å². The summed E-state index contributed by atoms with van der Waals surface area (Å²) >= 11 is 0. The summed E-state index contributed by atoms with van der Waals surface area (Å²) in [6.07, 6.45) is 10.6. The van der Waals surface area contributed by atoms with Crippen LogP contribution in [0.15, 0.2) is 36.4 Å². The molecule has 1 aromatic rings. The molecule has 0 radical (unpaired) electrons. The Morgan fingerprint density at radius 1 is 1.23 bits per heavy atom. The number of hydrogen-bond donors (Lipinski definition) is 2. The molecule has 1 aromatic carbocycles. The second kappa shape index (κ2) is 7.53. The van der Waals surface area contributed by atoms with Gasteiger partial charge in [0.1, 0.15) is 11.5 Å². The Balaban J connectivity index is 2.28. The van der Waals surface area contributed by atoms with Gasteiger partial charge in [0.2, 0.25) is 0 Å². The number of aryl methyl sites for hydroxylation is 1. The van der Waals surface area contributed by atoms with E-state index in [0.717, 1.165) is 36.8 Å². The van der Waals surface area contributed by atoms with Crippen LogP contribution in [0.1, 0.15) is 63.0 Å². The third-order valence-corrected chi connectivity index (χ3v) is 4.65. The largest absolute Gasteiger partial charge is 0.507 e. The van der Waals surface area contributed by atoms with Crippen LogP contribution in [0.5, 0.6) is 11.5 Å². The number of rotatable bonds is 6. The predicted molar refractivity (Wildman–Crippen MR) is 92.4 cm³/mol. The molecule has 0 saturated carbocycles. The number of phenols is 2. The van der Waals surface area contributed by atoms with Crippen LogP contribution in [0.25, 0.3) is 0 Å². The van der Waals surface area contributed by atoms with Gasteiger partial charge in [-0.15, -0.1) is 0 Å². The number of allylic oxidation sites excluding steroid dienone is 3. The molecule has 2 rings (SSSR count). The molecule has 0 amide bonds. The highest BCUT2D eigenvalue weighted by Crippen LogP contribution is 2.45. The maximum absolute atomic E-state index is 10.5. The number of hydrogen-bond acceptors (Lipinski definition) is 2. The van der Waals surface area contributed by atoms with E-state index >= 15 is 0 Å². The van der Waals surface area contributed by atoms with Crippen LogP contribution in [-0.2, 0) is 6.42 Å². The topological polar surface area (TPSA) is 40.5 Å². The lowest BCUT2D eigenvalue weighted by atomic mass is 9.75. The Morgan fingerprint density at radius 2 is 1.91 bits per heavy atom. The van der Waals surface area contributed by atoms with Gasteiger partial charge in [0.05, 0.1) is 0 Å². The first-order valence-electron chi connectivity index (χ1n) is 8.41. The molecule has 2 unspecified atom stereocenters. The molecule has 0 heterocycles. The normalized spacial score (nSPS) is 21.0. The molecule has 1 aliphatic carbocycles. The van der Waals surface area contributed by atoms with Crippen molar-refractivity contribution in [3.8, 4) is 11.5 Å². The second-order valence-electron chi connectivity index (χ2n) is 6.49. The molecule has 22 heavy (non-hydrogen) atoms. The van der Waals surface area contributed by atoms with Gasteiger partial charge in [0, 0.05) is 11.5 Å². The quantitative estimate of drug-likeness (QED) is 0.541. The van der Waals surface area contributed by atoms with E-state index < -0.39 is 0 Å². The van der Waals surface area contributed by atoms with Crippen LogP contribution < -0.4 is 0 Å². The summed E-state index contributed by atoms with van der Waals surface area (Å²) < 4.78 is 0. The second-order valence-corrected chi connectivity index (χ2v) is 6.49. The Kier molecular flexibility index (Phi) is 5.70. The SMILES string of the molecule is C=C(C)C1CCC=CC1c1c(O)cc(CCCCC)cc1O. The average Bonchev–Trinajstić information content (AvgIpc) is 2.47. The van der Waals surface area contributed by atoms with Gasteiger partial charge in [-0.1, -0.05) is 44.1 Å². The summed E-state index contributed by atoms with van der Waals surface area (Å²) in [5.41, 5.74) is 2.78. The van der Waals surface area contributed by atoms with E-state index in [1.165, 1.54) is 12.8 Å². The molecule has 1 aliphatic rings. The molecule has 0 aromatic heterocycles. The third kappa shape index (κ3) is 3.73. The van der Waals surface area contributed by atoms with Gasteiger partial charge >= 0.3 is 0 Å². The summed E-state index contributed by atoms with van der Waals surface area (Å²) in [5, 5.41) is 20.9. The van der Waals surface area contributed by atoms with Crippen molar-refractivity contribution >= 4 is 0 Å². The highest BCUT2D eigenvalue weighted by Gasteiger charge is 2.28. The van der Waals surface area contributed by atoms with E-state index in [4.69, 9.17) is 0 Å². The van der Waals surface area contributed by atoms with Gasteiger partial charge in [-0.25, -0.2) is 0 Å². The Morgan fingerprint density at radius 3 is 2.50 bits per heavy atom. The molecule has 2 nitrogen and oxygen atoms in total. The minimum Gasteiger partial charge on any atom is -0.507 e. The van der Waals surface area contributed by atoms with Gasteiger partial charge in [-0.3, -0.25) is 0 Å². The molecule has 0 bridgehead atoms. The predicted octanol–water partition coefficient (Wildman–Crippen LogP) is 5.46. The van der Waals surface area contributed by atoms with Crippen LogP contribution in [0.2, 0.25) is 0 Å². The van der Waals surface area contributed by atoms with Gasteiger partial charge in [0.15, 0.2) is 0 Å². The summed E-state index contributed by atoms with van der Waals surface area (Å²) in [6, 6.07) is 3.64. The monoisotopic (exact) mass is 300 g/mol. The maximum atomic E-state index is 10.5. The molecular formula is C20H28O2. The minimum absolute atomic E-state index is 0.0240. The number of phenolic OH excluding ortho intramolecular Hbond substituents is 2. The first-order valence-corrected chi connectivity index (χ1v) is 8.41. The fourth-order valence-corrected chi connectivity index (χ4v) is 3.43. The molecule has 0 spiro atoms. The van der Waals surface area contributed by atoms with Crippen molar-refractivity contribution in [1.29, 1.82) is 0 Å². The summed E-state index contributed by atoms with van der Waals surface area (Å²) in [6.45, 7) is 8.29. The first-order chi connectivity index (χ1) is 10.5. The van der Waals surface area contributed by atoms with Crippen LogP contribution in [0, 0.1) is 5.92 Å². The summed E-state index contributed by atoms with van der Waals surface area (Å²) in [4.78, 5) is 0. The molecule has 2 atom stereocenters. The standard InChI is InChI=1S/C20H28O2/c1-4-5-6-9-15-12-18(21)20(19(22)13-15)17-11-8-7-10-16(17)14(2)3/h8,11-13,16-17,21-22H,2,4-7,9-10H2,1,3H3. The van der Waals surface area contributed by atoms with E-state index in [9.17, 15) is 10.2 Å². The summed E-state index contributed by atoms with van der Waals surface area (Å²) in [7, 11) is 0. The molecule has 2 N–H and O–H groups in total. The zero-order chi connectivity index (χ0) is 16.1. The number of aromatic hydroxyl groups is 2. The van der Waals surface area contributed by atoms with Crippen molar-refractivity contribution in [1.82, 2.24) is 0 Å². The smallest absolute Gasteiger partial charge is 0.123 e. The average molecular weight is 300 g/mol.